The second-order valence-corrected chi connectivity index (χ2v) is 9.07. The monoisotopic (exact) mass is 339 g/mol. The Balaban J connectivity index is 1.94. The van der Waals surface area contributed by atoms with E-state index in [4.69, 9.17) is 4.74 Å². The molecule has 0 spiro atoms. The van der Waals surface area contributed by atoms with Crippen molar-refractivity contribution in [2.45, 2.75) is 39.0 Å². The van der Waals surface area contributed by atoms with E-state index in [1.807, 2.05) is 27.7 Å². The average molecular weight is 339 g/mol. The first-order chi connectivity index (χ1) is 10.7. The zero-order chi connectivity index (χ0) is 17.2. The summed E-state index contributed by atoms with van der Waals surface area (Å²) in [5, 5.41) is -0.419. The number of ether oxygens (including phenoxy) is 1. The summed E-state index contributed by atoms with van der Waals surface area (Å²) in [6, 6.07) is 6.96. The maximum absolute atomic E-state index is 12.3. The molecule has 0 saturated carbocycles. The highest BCUT2D eigenvalue weighted by Crippen LogP contribution is 2.22. The van der Waals surface area contributed by atoms with Gasteiger partial charge < -0.3 is 9.64 Å². The molecule has 1 saturated heterocycles. The molecule has 128 valence electrons. The summed E-state index contributed by atoms with van der Waals surface area (Å²) in [4.78, 5) is 13.9. The first kappa shape index (κ1) is 17.8. The van der Waals surface area contributed by atoms with E-state index in [0.29, 0.717) is 5.56 Å². The highest BCUT2D eigenvalue weighted by atomic mass is 32.2. The largest absolute Gasteiger partial charge is 0.491 e. The Kier molecular flexibility index (Phi) is 5.34. The summed E-state index contributed by atoms with van der Waals surface area (Å²) in [6.45, 7) is 8.24. The fourth-order valence-electron chi connectivity index (χ4n) is 2.56. The van der Waals surface area contributed by atoms with Gasteiger partial charge in [0.2, 0.25) is 0 Å². The number of sulfone groups is 1. The molecule has 0 radical (unpaired) electrons. The molecule has 0 atom stereocenters. The summed E-state index contributed by atoms with van der Waals surface area (Å²) in [7, 11) is -3.11. The number of hydrogen-bond donors (Lipinski definition) is 0. The molecule has 0 N–H and O–H groups in total. The molecule has 5 nitrogen and oxygen atoms in total. The van der Waals surface area contributed by atoms with Gasteiger partial charge in [-0.25, -0.2) is 8.42 Å². The van der Waals surface area contributed by atoms with Crippen LogP contribution in [0.3, 0.4) is 0 Å². The summed E-state index contributed by atoms with van der Waals surface area (Å²) >= 11 is 0. The molecule has 1 aromatic carbocycles. The lowest BCUT2D eigenvalue weighted by molar-refractivity contribution is 0.0658. The molecule has 0 aliphatic carbocycles. The molecular weight excluding hydrogens is 314 g/mol. The van der Waals surface area contributed by atoms with Crippen LogP contribution in [0.5, 0.6) is 5.75 Å². The molecule has 1 aliphatic rings. The van der Waals surface area contributed by atoms with Crippen molar-refractivity contribution in [1.82, 2.24) is 4.90 Å². The number of benzene rings is 1. The van der Waals surface area contributed by atoms with Crippen molar-refractivity contribution in [1.29, 1.82) is 0 Å². The van der Waals surface area contributed by atoms with E-state index in [2.05, 4.69) is 0 Å². The standard InChI is InChI=1S/C17H25NO4S/c1-12(2)11-23(20,21)16-9-18(10-16)17(19)14-5-7-15(8-6-14)22-13(3)4/h5-8,12-13,16H,9-11H2,1-4H3. The van der Waals surface area contributed by atoms with Crippen LogP contribution in [0, 0.1) is 5.92 Å². The van der Waals surface area contributed by atoms with E-state index < -0.39 is 15.1 Å². The fraction of sp³-hybridized carbons (Fsp3) is 0.588. The first-order valence-electron chi connectivity index (χ1n) is 7.96. The van der Waals surface area contributed by atoms with Crippen molar-refractivity contribution in [3.05, 3.63) is 29.8 Å². The van der Waals surface area contributed by atoms with Gasteiger partial charge in [-0.15, -0.1) is 0 Å². The number of carbonyl (C=O) groups excluding carboxylic acids is 1. The lowest BCUT2D eigenvalue weighted by Gasteiger charge is -2.39. The molecule has 1 aromatic rings. The van der Waals surface area contributed by atoms with Gasteiger partial charge in [0.15, 0.2) is 9.84 Å². The number of carbonyl (C=O) groups is 1. The number of amides is 1. The second-order valence-electron chi connectivity index (χ2n) is 6.75. The Morgan fingerprint density at radius 3 is 2.22 bits per heavy atom. The van der Waals surface area contributed by atoms with Gasteiger partial charge in [0, 0.05) is 18.7 Å². The van der Waals surface area contributed by atoms with Crippen LogP contribution in [0.1, 0.15) is 38.1 Å². The van der Waals surface area contributed by atoms with Gasteiger partial charge in [-0.1, -0.05) is 13.8 Å². The van der Waals surface area contributed by atoms with E-state index in [1.165, 1.54) is 0 Å². The third-order valence-electron chi connectivity index (χ3n) is 3.68. The SMILES string of the molecule is CC(C)CS(=O)(=O)C1CN(C(=O)c2ccc(OC(C)C)cc2)C1. The molecule has 6 heteroatoms. The van der Waals surface area contributed by atoms with Crippen molar-refractivity contribution in [2.75, 3.05) is 18.8 Å². The molecular formula is C17H25NO4S. The van der Waals surface area contributed by atoms with Gasteiger partial charge in [-0.2, -0.15) is 0 Å². The maximum Gasteiger partial charge on any atom is 0.253 e. The molecule has 1 amide bonds. The summed E-state index contributed by atoms with van der Waals surface area (Å²) in [6.07, 6.45) is 0.0823. The molecule has 1 aliphatic heterocycles. The third-order valence-corrected chi connectivity index (χ3v) is 6.13. The van der Waals surface area contributed by atoms with E-state index in [1.54, 1.807) is 29.2 Å². The van der Waals surface area contributed by atoms with Gasteiger partial charge in [0.05, 0.1) is 17.1 Å². The summed E-state index contributed by atoms with van der Waals surface area (Å²) in [5.74, 6) is 0.883. The van der Waals surface area contributed by atoms with Gasteiger partial charge in [-0.3, -0.25) is 4.79 Å². The minimum absolute atomic E-state index is 0.0823. The highest BCUT2D eigenvalue weighted by Gasteiger charge is 2.39. The predicted octanol–water partition coefficient (Wildman–Crippen LogP) is 2.37. The fourth-order valence-corrected chi connectivity index (χ4v) is 4.58. The molecule has 1 heterocycles. The van der Waals surface area contributed by atoms with Crippen LogP contribution in [0.15, 0.2) is 24.3 Å². The normalized spacial score (nSPS) is 15.8. The molecule has 0 aromatic heterocycles. The van der Waals surface area contributed by atoms with Crippen molar-refractivity contribution in [3.63, 3.8) is 0 Å². The molecule has 0 bridgehead atoms. The van der Waals surface area contributed by atoms with Crippen LogP contribution in [0.2, 0.25) is 0 Å². The summed E-state index contributed by atoms with van der Waals surface area (Å²) < 4.78 is 29.8. The number of likely N-dealkylation sites (tertiary alicyclic amines) is 1. The van der Waals surface area contributed by atoms with Crippen molar-refractivity contribution >= 4 is 15.7 Å². The van der Waals surface area contributed by atoms with Crippen LogP contribution >= 0.6 is 0 Å². The van der Waals surface area contributed by atoms with E-state index in [0.717, 1.165) is 5.75 Å². The highest BCUT2D eigenvalue weighted by molar-refractivity contribution is 7.92. The van der Waals surface area contributed by atoms with Crippen molar-refractivity contribution in [3.8, 4) is 5.75 Å². The van der Waals surface area contributed by atoms with Crippen LogP contribution < -0.4 is 4.74 Å². The second kappa shape index (κ2) is 6.91. The Hall–Kier alpha value is -1.56. The Morgan fingerprint density at radius 2 is 1.74 bits per heavy atom. The van der Waals surface area contributed by atoms with Gasteiger partial charge >= 0.3 is 0 Å². The molecule has 1 fully saturated rings. The maximum atomic E-state index is 12.3. The van der Waals surface area contributed by atoms with E-state index in [-0.39, 0.29) is 36.8 Å². The molecule has 0 unspecified atom stereocenters. The van der Waals surface area contributed by atoms with Gasteiger partial charge in [-0.05, 0) is 44.0 Å². The van der Waals surface area contributed by atoms with E-state index in [9.17, 15) is 13.2 Å². The van der Waals surface area contributed by atoms with Crippen LogP contribution in [0.4, 0.5) is 0 Å². The molecule has 2 rings (SSSR count). The number of hydrogen-bond acceptors (Lipinski definition) is 4. The number of nitrogens with zero attached hydrogens (tertiary/aromatic N) is 1. The third kappa shape index (κ3) is 4.47. The smallest absolute Gasteiger partial charge is 0.253 e. The minimum Gasteiger partial charge on any atom is -0.491 e. The van der Waals surface area contributed by atoms with E-state index >= 15 is 0 Å². The summed E-state index contributed by atoms with van der Waals surface area (Å²) in [5.41, 5.74) is 0.556. The molecule has 23 heavy (non-hydrogen) atoms. The zero-order valence-electron chi connectivity index (χ0n) is 14.2. The Bertz CT molecular complexity index is 644. The topological polar surface area (TPSA) is 63.7 Å². The van der Waals surface area contributed by atoms with Gasteiger partial charge in [0.25, 0.3) is 5.91 Å². The Labute approximate surface area is 138 Å². The number of rotatable bonds is 6. The lowest BCUT2D eigenvalue weighted by atomic mass is 10.1. The zero-order valence-corrected chi connectivity index (χ0v) is 15.0. The van der Waals surface area contributed by atoms with Crippen LogP contribution in [-0.4, -0.2) is 49.4 Å². The minimum atomic E-state index is -3.11. The average Bonchev–Trinajstić information content (AvgIpc) is 2.34. The van der Waals surface area contributed by atoms with Gasteiger partial charge in [0.1, 0.15) is 5.75 Å². The predicted molar refractivity (Wildman–Crippen MR) is 90.5 cm³/mol. The van der Waals surface area contributed by atoms with Crippen LogP contribution in [-0.2, 0) is 9.84 Å². The van der Waals surface area contributed by atoms with Crippen molar-refractivity contribution in [2.24, 2.45) is 5.92 Å². The first-order valence-corrected chi connectivity index (χ1v) is 9.68. The van der Waals surface area contributed by atoms with Crippen LogP contribution in [0.25, 0.3) is 0 Å². The van der Waals surface area contributed by atoms with Crippen molar-refractivity contribution < 1.29 is 17.9 Å². The lowest BCUT2D eigenvalue weighted by Crippen LogP contribution is -2.57. The quantitative estimate of drug-likeness (QED) is 0.798. The Morgan fingerprint density at radius 1 is 1.17 bits per heavy atom.